The van der Waals surface area contributed by atoms with E-state index in [1.54, 1.807) is 18.0 Å². The molecule has 2 aliphatic rings. The van der Waals surface area contributed by atoms with E-state index in [4.69, 9.17) is 9.72 Å². The molecular weight excluding hydrogens is 406 g/mol. The first kappa shape index (κ1) is 20.6. The molecule has 1 atom stereocenters. The molecule has 8 nitrogen and oxygen atoms in total. The number of ether oxygens (including phenoxy) is 1. The summed E-state index contributed by atoms with van der Waals surface area (Å²) in [4.78, 5) is 22.3. The number of aliphatic hydroxyl groups is 1. The van der Waals surface area contributed by atoms with E-state index in [1.807, 2.05) is 25.3 Å². The zero-order valence-corrected chi connectivity index (χ0v) is 18.3. The molecule has 0 saturated heterocycles. The van der Waals surface area contributed by atoms with Crippen molar-refractivity contribution in [2.24, 2.45) is 0 Å². The number of amides is 1. The highest BCUT2D eigenvalue weighted by molar-refractivity contribution is 5.95. The number of aliphatic hydroxyl groups excluding tert-OH is 1. The van der Waals surface area contributed by atoms with E-state index >= 15 is 0 Å². The first-order valence-corrected chi connectivity index (χ1v) is 11.2. The Morgan fingerprint density at radius 3 is 2.84 bits per heavy atom. The molecule has 3 aromatic rings. The van der Waals surface area contributed by atoms with Crippen LogP contribution in [-0.2, 0) is 12.8 Å². The summed E-state index contributed by atoms with van der Waals surface area (Å²) in [5, 5.41) is 17.1. The van der Waals surface area contributed by atoms with Crippen LogP contribution < -0.4 is 10.1 Å². The quantitative estimate of drug-likeness (QED) is 0.594. The number of hydrogen-bond donors (Lipinski definition) is 2. The number of rotatable bonds is 7. The fourth-order valence-corrected chi connectivity index (χ4v) is 4.20. The van der Waals surface area contributed by atoms with Crippen molar-refractivity contribution in [1.82, 2.24) is 25.1 Å². The predicted molar refractivity (Wildman–Crippen MR) is 119 cm³/mol. The number of nitrogens with one attached hydrogen (secondary N) is 1. The van der Waals surface area contributed by atoms with Crippen molar-refractivity contribution >= 4 is 5.91 Å². The van der Waals surface area contributed by atoms with Gasteiger partial charge in [-0.1, -0.05) is 13.0 Å². The molecule has 1 fully saturated rings. The van der Waals surface area contributed by atoms with Crippen LogP contribution in [-0.4, -0.2) is 50.5 Å². The summed E-state index contributed by atoms with van der Waals surface area (Å²) in [6.45, 7) is 2.10. The molecule has 166 valence electrons. The molecule has 2 aromatic heterocycles. The second-order valence-corrected chi connectivity index (χ2v) is 8.47. The smallest absolute Gasteiger partial charge is 0.254 e. The van der Waals surface area contributed by atoms with E-state index in [1.165, 1.54) is 5.56 Å². The van der Waals surface area contributed by atoms with Crippen LogP contribution in [0.3, 0.4) is 0 Å². The normalized spacial score (nSPS) is 15.6. The fourth-order valence-electron chi connectivity index (χ4n) is 4.20. The molecule has 5 rings (SSSR count). The van der Waals surface area contributed by atoms with E-state index in [0.717, 1.165) is 53.9 Å². The van der Waals surface area contributed by atoms with Crippen LogP contribution in [0.5, 0.6) is 5.75 Å². The summed E-state index contributed by atoms with van der Waals surface area (Å²) >= 11 is 0. The number of fused-ring (bicyclic) bond motifs is 3. The summed E-state index contributed by atoms with van der Waals surface area (Å²) in [5.74, 6) is 1.30. The Bertz CT molecular complexity index is 1170. The van der Waals surface area contributed by atoms with Crippen molar-refractivity contribution < 1.29 is 14.6 Å². The van der Waals surface area contributed by atoms with Gasteiger partial charge >= 0.3 is 0 Å². The van der Waals surface area contributed by atoms with Gasteiger partial charge < -0.3 is 15.2 Å². The van der Waals surface area contributed by atoms with Crippen molar-refractivity contribution in [2.75, 3.05) is 13.7 Å². The van der Waals surface area contributed by atoms with Crippen LogP contribution in [0.15, 0.2) is 30.6 Å². The van der Waals surface area contributed by atoms with Crippen LogP contribution >= 0.6 is 0 Å². The molecule has 8 heteroatoms. The van der Waals surface area contributed by atoms with Gasteiger partial charge in [-0.3, -0.25) is 4.79 Å². The van der Waals surface area contributed by atoms with Crippen LogP contribution in [0.4, 0.5) is 0 Å². The maximum atomic E-state index is 12.8. The minimum Gasteiger partial charge on any atom is -0.497 e. The average Bonchev–Trinajstić information content (AvgIpc) is 3.58. The molecule has 32 heavy (non-hydrogen) atoms. The summed E-state index contributed by atoms with van der Waals surface area (Å²) in [6.07, 6.45) is 7.33. The highest BCUT2D eigenvalue weighted by Crippen LogP contribution is 2.42. The van der Waals surface area contributed by atoms with E-state index < -0.39 is 6.10 Å². The first-order valence-electron chi connectivity index (χ1n) is 11.2. The molecule has 0 aliphatic heterocycles. The number of methoxy groups -OCH3 is 1. The van der Waals surface area contributed by atoms with Crippen molar-refractivity contribution in [3.05, 3.63) is 53.0 Å². The number of benzene rings is 1. The van der Waals surface area contributed by atoms with Gasteiger partial charge in [0.15, 0.2) is 0 Å². The Balaban J connectivity index is 1.52. The predicted octanol–water partition coefficient (Wildman–Crippen LogP) is 2.81. The minimum atomic E-state index is -0.556. The second kappa shape index (κ2) is 8.35. The Morgan fingerprint density at radius 1 is 1.28 bits per heavy atom. The van der Waals surface area contributed by atoms with E-state index in [9.17, 15) is 9.90 Å². The van der Waals surface area contributed by atoms with Gasteiger partial charge in [0, 0.05) is 24.2 Å². The summed E-state index contributed by atoms with van der Waals surface area (Å²) in [6, 6.07) is 6.09. The van der Waals surface area contributed by atoms with Gasteiger partial charge in [0.25, 0.3) is 11.9 Å². The molecule has 2 aliphatic carbocycles. The van der Waals surface area contributed by atoms with Crippen molar-refractivity contribution in [3.8, 4) is 23.0 Å². The number of carbonyl (C=O) groups is 1. The van der Waals surface area contributed by atoms with Gasteiger partial charge in [-0.05, 0) is 55.4 Å². The summed E-state index contributed by atoms with van der Waals surface area (Å²) in [5.41, 5.74) is 5.65. The third kappa shape index (κ3) is 3.75. The zero-order valence-electron chi connectivity index (χ0n) is 18.3. The van der Waals surface area contributed by atoms with Gasteiger partial charge in [0.05, 0.1) is 36.4 Å². The lowest BCUT2D eigenvalue weighted by Crippen LogP contribution is -2.32. The molecule has 1 amide bonds. The average molecular weight is 434 g/mol. The third-order valence-corrected chi connectivity index (χ3v) is 6.26. The van der Waals surface area contributed by atoms with Gasteiger partial charge in [-0.25, -0.2) is 14.6 Å². The maximum Gasteiger partial charge on any atom is 0.254 e. The number of aryl methyl sites for hydroxylation is 2. The third-order valence-electron chi connectivity index (χ3n) is 6.26. The molecular formula is C24H27N5O3. The maximum absolute atomic E-state index is 12.8. The highest BCUT2D eigenvalue weighted by Gasteiger charge is 2.34. The zero-order chi connectivity index (χ0) is 22.2. The van der Waals surface area contributed by atoms with Gasteiger partial charge in [-0.2, -0.15) is 5.10 Å². The molecule has 1 saturated carbocycles. The molecule has 1 unspecified atom stereocenters. The Labute approximate surface area is 186 Å². The summed E-state index contributed by atoms with van der Waals surface area (Å²) < 4.78 is 7.13. The van der Waals surface area contributed by atoms with Gasteiger partial charge in [0.1, 0.15) is 5.75 Å². The van der Waals surface area contributed by atoms with E-state index in [0.29, 0.717) is 17.9 Å². The SMILES string of the molecule is CCC(O)CNC(=O)c1cnn(-c2ncc3c(n2)-c2cc(OC)ccc2CC3)c1C1CC1. The molecule has 0 spiro atoms. The van der Waals surface area contributed by atoms with Crippen LogP contribution in [0.25, 0.3) is 17.2 Å². The lowest BCUT2D eigenvalue weighted by Gasteiger charge is -2.20. The van der Waals surface area contributed by atoms with E-state index in [-0.39, 0.29) is 18.4 Å². The number of carbonyl (C=O) groups excluding carboxylic acids is 1. The van der Waals surface area contributed by atoms with Crippen molar-refractivity contribution in [2.45, 2.75) is 51.0 Å². The van der Waals surface area contributed by atoms with Crippen LogP contribution in [0, 0.1) is 0 Å². The number of hydrogen-bond acceptors (Lipinski definition) is 6. The van der Waals surface area contributed by atoms with E-state index in [2.05, 4.69) is 21.5 Å². The molecule has 0 radical (unpaired) electrons. The monoisotopic (exact) mass is 433 g/mol. The van der Waals surface area contributed by atoms with Crippen LogP contribution in [0.1, 0.15) is 59.3 Å². The fraction of sp³-hybridized carbons (Fsp3) is 0.417. The second-order valence-electron chi connectivity index (χ2n) is 8.47. The first-order chi connectivity index (χ1) is 15.6. The number of nitrogens with zero attached hydrogens (tertiary/aromatic N) is 4. The largest absolute Gasteiger partial charge is 0.497 e. The standard InChI is InChI=1S/C24H27N5O3/c1-3-17(30)12-25-23(31)20-13-27-29(22(20)15-5-6-15)24-26-11-16-7-4-14-8-9-18(32-2)10-19(14)21(16)28-24/h8-11,13,15,17,30H,3-7,12H2,1-2H3,(H,25,31). The molecule has 2 N–H and O–H groups in total. The molecule has 1 aromatic carbocycles. The lowest BCUT2D eigenvalue weighted by atomic mass is 9.90. The Morgan fingerprint density at radius 2 is 2.09 bits per heavy atom. The highest BCUT2D eigenvalue weighted by atomic mass is 16.5. The van der Waals surface area contributed by atoms with Crippen LogP contribution in [0.2, 0.25) is 0 Å². The lowest BCUT2D eigenvalue weighted by molar-refractivity contribution is 0.0913. The van der Waals surface area contributed by atoms with Crippen molar-refractivity contribution in [3.63, 3.8) is 0 Å². The van der Waals surface area contributed by atoms with Crippen molar-refractivity contribution in [1.29, 1.82) is 0 Å². The molecule has 0 bridgehead atoms. The molecule has 2 heterocycles. The Kier molecular flexibility index (Phi) is 5.38. The summed E-state index contributed by atoms with van der Waals surface area (Å²) in [7, 11) is 1.66. The minimum absolute atomic E-state index is 0.221. The Hall–Kier alpha value is -3.26. The number of aromatic nitrogens is 4. The topological polar surface area (TPSA) is 102 Å². The van der Waals surface area contributed by atoms with Gasteiger partial charge in [-0.15, -0.1) is 0 Å². The van der Waals surface area contributed by atoms with Gasteiger partial charge in [0.2, 0.25) is 0 Å².